The van der Waals surface area contributed by atoms with Crippen molar-refractivity contribution >= 4 is 17.3 Å². The minimum absolute atomic E-state index is 0.273. The number of carbonyl (C=O) groups excluding carboxylic acids is 1. The lowest BCUT2D eigenvalue weighted by molar-refractivity contribution is 0.0496. The van der Waals surface area contributed by atoms with Crippen molar-refractivity contribution in [2.75, 3.05) is 6.61 Å². The van der Waals surface area contributed by atoms with E-state index in [2.05, 4.69) is 4.98 Å². The van der Waals surface area contributed by atoms with E-state index in [1.807, 2.05) is 60.2 Å². The number of nitrogens with zero attached hydrogens (tertiary/aromatic N) is 2. The predicted molar refractivity (Wildman–Crippen MR) is 87.0 cm³/mol. The van der Waals surface area contributed by atoms with Crippen LogP contribution in [-0.4, -0.2) is 22.1 Å². The molecule has 0 radical (unpaired) electrons. The van der Waals surface area contributed by atoms with E-state index >= 15 is 0 Å². The number of hydrogen-bond donors (Lipinski definition) is 0. The van der Waals surface area contributed by atoms with E-state index in [9.17, 15) is 4.79 Å². The molecule has 0 saturated carbocycles. The van der Waals surface area contributed by atoms with Gasteiger partial charge < -0.3 is 9.30 Å². The van der Waals surface area contributed by atoms with Crippen molar-refractivity contribution in [1.82, 2.24) is 9.55 Å². The molecule has 5 heteroatoms. The van der Waals surface area contributed by atoms with Gasteiger partial charge in [-0.3, -0.25) is 0 Å². The minimum Gasteiger partial charge on any atom is -0.460 e. The molecule has 3 aromatic rings. The number of thiophene rings is 1. The van der Waals surface area contributed by atoms with Crippen molar-refractivity contribution in [2.24, 2.45) is 0 Å². The Morgan fingerprint density at radius 3 is 2.77 bits per heavy atom. The van der Waals surface area contributed by atoms with Gasteiger partial charge >= 0.3 is 5.97 Å². The van der Waals surface area contributed by atoms with Gasteiger partial charge in [0.1, 0.15) is 17.3 Å². The fourth-order valence-electron chi connectivity index (χ4n) is 2.15. The Labute approximate surface area is 133 Å². The van der Waals surface area contributed by atoms with Gasteiger partial charge in [0.05, 0.1) is 6.54 Å². The zero-order chi connectivity index (χ0) is 15.4. The van der Waals surface area contributed by atoms with E-state index in [0.29, 0.717) is 18.0 Å². The Bertz CT molecular complexity index is 762. The van der Waals surface area contributed by atoms with Crippen LogP contribution >= 0.6 is 11.3 Å². The second-order valence-corrected chi connectivity index (χ2v) is 5.92. The molecule has 0 atom stereocenters. The van der Waals surface area contributed by atoms with Crippen molar-refractivity contribution in [3.8, 4) is 10.4 Å². The van der Waals surface area contributed by atoms with E-state index in [0.717, 1.165) is 16.3 Å². The lowest BCUT2D eigenvalue weighted by atomic mass is 10.2. The number of carbonyl (C=O) groups is 1. The highest BCUT2D eigenvalue weighted by atomic mass is 32.1. The van der Waals surface area contributed by atoms with E-state index < -0.39 is 0 Å². The third-order valence-electron chi connectivity index (χ3n) is 3.35. The number of aryl methyl sites for hydroxylation is 1. The average Bonchev–Trinajstić information content (AvgIpc) is 3.18. The van der Waals surface area contributed by atoms with Crippen molar-refractivity contribution in [2.45, 2.75) is 13.5 Å². The molecule has 0 fully saturated rings. The van der Waals surface area contributed by atoms with Crippen LogP contribution in [0.25, 0.3) is 10.4 Å². The lowest BCUT2D eigenvalue weighted by Crippen LogP contribution is -2.11. The van der Waals surface area contributed by atoms with E-state index in [1.165, 1.54) is 11.3 Å². The van der Waals surface area contributed by atoms with Crippen molar-refractivity contribution in [3.05, 3.63) is 65.6 Å². The Kier molecular flexibility index (Phi) is 4.34. The van der Waals surface area contributed by atoms with Crippen LogP contribution in [0.15, 0.2) is 54.9 Å². The number of rotatable bonds is 5. The number of imidazole rings is 1. The second-order valence-electron chi connectivity index (χ2n) is 4.83. The van der Waals surface area contributed by atoms with Crippen LogP contribution in [0.1, 0.15) is 15.5 Å². The fourth-order valence-corrected chi connectivity index (χ4v) is 3.06. The van der Waals surface area contributed by atoms with Crippen LogP contribution < -0.4 is 0 Å². The highest BCUT2D eigenvalue weighted by Crippen LogP contribution is 2.28. The summed E-state index contributed by atoms with van der Waals surface area (Å²) in [5.74, 6) is 0.642. The Hall–Kier alpha value is -2.40. The Morgan fingerprint density at radius 1 is 1.23 bits per heavy atom. The number of aromatic nitrogens is 2. The number of esters is 1. The summed E-state index contributed by atoms with van der Waals surface area (Å²) in [5, 5.41) is 0. The zero-order valence-electron chi connectivity index (χ0n) is 12.2. The summed E-state index contributed by atoms with van der Waals surface area (Å²) in [5.41, 5.74) is 1.11. The third-order valence-corrected chi connectivity index (χ3v) is 4.47. The number of hydrogen-bond acceptors (Lipinski definition) is 4. The van der Waals surface area contributed by atoms with Gasteiger partial charge in [0, 0.05) is 17.3 Å². The highest BCUT2D eigenvalue weighted by Gasteiger charge is 2.11. The molecule has 0 unspecified atom stereocenters. The molecule has 0 N–H and O–H groups in total. The Morgan fingerprint density at radius 2 is 2.05 bits per heavy atom. The highest BCUT2D eigenvalue weighted by molar-refractivity contribution is 7.17. The molecule has 2 aromatic heterocycles. The summed E-state index contributed by atoms with van der Waals surface area (Å²) >= 11 is 1.45. The molecule has 1 aromatic carbocycles. The molecule has 22 heavy (non-hydrogen) atoms. The van der Waals surface area contributed by atoms with Gasteiger partial charge in [-0.2, -0.15) is 0 Å². The third kappa shape index (κ3) is 3.26. The summed E-state index contributed by atoms with van der Waals surface area (Å²) in [6.45, 7) is 2.89. The minimum atomic E-state index is -0.273. The van der Waals surface area contributed by atoms with Crippen LogP contribution in [0, 0.1) is 6.92 Å². The van der Waals surface area contributed by atoms with E-state index in [-0.39, 0.29) is 5.97 Å². The molecule has 3 rings (SSSR count). The SMILES string of the molecule is Cc1nccn1CCOC(=O)c1ccc(-c2ccccc2)s1. The first-order valence-electron chi connectivity index (χ1n) is 7.04. The summed E-state index contributed by atoms with van der Waals surface area (Å²) in [7, 11) is 0. The topological polar surface area (TPSA) is 44.1 Å². The summed E-state index contributed by atoms with van der Waals surface area (Å²) < 4.78 is 7.28. The molecular weight excluding hydrogens is 296 g/mol. The number of ether oxygens (including phenoxy) is 1. The quantitative estimate of drug-likeness (QED) is 0.674. The molecule has 4 nitrogen and oxygen atoms in total. The lowest BCUT2D eigenvalue weighted by Gasteiger charge is -2.05. The molecule has 0 saturated heterocycles. The fraction of sp³-hybridized carbons (Fsp3) is 0.176. The standard InChI is InChI=1S/C17H16N2O2S/c1-13-18-9-10-19(13)11-12-21-17(20)16-8-7-15(22-16)14-5-3-2-4-6-14/h2-10H,11-12H2,1H3. The molecule has 0 bridgehead atoms. The molecule has 0 aliphatic carbocycles. The summed E-state index contributed by atoms with van der Waals surface area (Å²) in [6.07, 6.45) is 3.62. The van der Waals surface area contributed by atoms with Gasteiger partial charge in [-0.05, 0) is 24.6 Å². The molecule has 0 aliphatic heterocycles. The zero-order valence-corrected chi connectivity index (χ0v) is 13.0. The smallest absolute Gasteiger partial charge is 0.348 e. The molecule has 112 valence electrons. The van der Waals surface area contributed by atoms with Crippen LogP contribution in [0.4, 0.5) is 0 Å². The normalized spacial score (nSPS) is 10.6. The average molecular weight is 312 g/mol. The maximum atomic E-state index is 12.1. The predicted octanol–water partition coefficient (Wildman–Crippen LogP) is 3.78. The summed E-state index contributed by atoms with van der Waals surface area (Å²) in [6, 6.07) is 13.8. The van der Waals surface area contributed by atoms with E-state index in [4.69, 9.17) is 4.74 Å². The van der Waals surface area contributed by atoms with Crippen LogP contribution in [0.5, 0.6) is 0 Å². The molecule has 0 amide bonds. The summed E-state index contributed by atoms with van der Waals surface area (Å²) in [4.78, 5) is 17.9. The van der Waals surface area contributed by atoms with Crippen LogP contribution in [0.2, 0.25) is 0 Å². The van der Waals surface area contributed by atoms with Crippen molar-refractivity contribution in [3.63, 3.8) is 0 Å². The van der Waals surface area contributed by atoms with Crippen molar-refractivity contribution < 1.29 is 9.53 Å². The molecule has 0 aliphatic rings. The molecular formula is C17H16N2O2S. The van der Waals surface area contributed by atoms with Crippen molar-refractivity contribution in [1.29, 1.82) is 0 Å². The van der Waals surface area contributed by atoms with Gasteiger partial charge in [-0.1, -0.05) is 30.3 Å². The monoisotopic (exact) mass is 312 g/mol. The molecule has 2 heterocycles. The maximum Gasteiger partial charge on any atom is 0.348 e. The first-order chi connectivity index (χ1) is 10.7. The maximum absolute atomic E-state index is 12.1. The van der Waals surface area contributed by atoms with Gasteiger partial charge in [0.25, 0.3) is 0 Å². The molecule has 0 spiro atoms. The van der Waals surface area contributed by atoms with Crippen LogP contribution in [0.3, 0.4) is 0 Å². The van der Waals surface area contributed by atoms with Gasteiger partial charge in [-0.15, -0.1) is 11.3 Å². The second kappa shape index (κ2) is 6.58. The van der Waals surface area contributed by atoms with Gasteiger partial charge in [-0.25, -0.2) is 9.78 Å². The van der Waals surface area contributed by atoms with Gasteiger partial charge in [0.15, 0.2) is 0 Å². The van der Waals surface area contributed by atoms with Gasteiger partial charge in [0.2, 0.25) is 0 Å². The Balaban J connectivity index is 1.59. The first-order valence-corrected chi connectivity index (χ1v) is 7.86. The van der Waals surface area contributed by atoms with Crippen LogP contribution in [-0.2, 0) is 11.3 Å². The van der Waals surface area contributed by atoms with E-state index in [1.54, 1.807) is 6.20 Å². The largest absolute Gasteiger partial charge is 0.460 e. The first kappa shape index (κ1) is 14.5. The number of benzene rings is 1.